The third-order valence-corrected chi connectivity index (χ3v) is 4.30. The first-order chi connectivity index (χ1) is 10.5. The van der Waals surface area contributed by atoms with E-state index in [1.165, 1.54) is 7.11 Å². The van der Waals surface area contributed by atoms with E-state index < -0.39 is 5.54 Å². The van der Waals surface area contributed by atoms with Crippen LogP contribution in [0.15, 0.2) is 24.3 Å². The number of hydrogen-bond acceptors (Lipinski definition) is 4. The largest absolute Gasteiger partial charge is 0.465 e. The molecule has 6 heteroatoms. The van der Waals surface area contributed by atoms with E-state index in [9.17, 15) is 9.59 Å². The average Bonchev–Trinajstić information content (AvgIpc) is 2.54. The van der Waals surface area contributed by atoms with Crippen molar-refractivity contribution < 1.29 is 14.3 Å². The minimum atomic E-state index is -0.488. The number of carbonyl (C=O) groups is 2. The fraction of sp³-hybridized carbons (Fsp3) is 0.529. The van der Waals surface area contributed by atoms with Gasteiger partial charge in [-0.3, -0.25) is 4.79 Å². The van der Waals surface area contributed by atoms with Gasteiger partial charge in [0, 0.05) is 0 Å². The highest BCUT2D eigenvalue weighted by molar-refractivity contribution is 5.89. The Morgan fingerprint density at radius 3 is 2.43 bits per heavy atom. The quantitative estimate of drug-likeness (QED) is 0.827. The molecule has 23 heavy (non-hydrogen) atoms. The van der Waals surface area contributed by atoms with Gasteiger partial charge in [0.25, 0.3) is 0 Å². The standard InChI is InChI=1S/C17H24N2O3.ClH/c1-12(13-6-8-14(9-7-13)15(20)22-3)19-16(21)17(2)10-4-5-11-18-17;/h6-9,12,18H,4-5,10-11H2,1-3H3,(H,19,21);1H/t12-,17+;/m0./s1. The molecule has 5 nitrogen and oxygen atoms in total. The summed E-state index contributed by atoms with van der Waals surface area (Å²) < 4.78 is 4.68. The molecule has 1 heterocycles. The summed E-state index contributed by atoms with van der Waals surface area (Å²) in [5.41, 5.74) is 0.976. The predicted molar refractivity (Wildman–Crippen MR) is 91.8 cm³/mol. The molecule has 0 radical (unpaired) electrons. The van der Waals surface area contributed by atoms with Crippen molar-refractivity contribution in [3.63, 3.8) is 0 Å². The summed E-state index contributed by atoms with van der Waals surface area (Å²) in [7, 11) is 1.36. The lowest BCUT2D eigenvalue weighted by Gasteiger charge is -2.34. The SMILES string of the molecule is COC(=O)c1ccc([C@H](C)NC(=O)[C@@]2(C)CCCCN2)cc1.Cl. The average molecular weight is 341 g/mol. The van der Waals surface area contributed by atoms with Gasteiger partial charge in [0.15, 0.2) is 0 Å². The van der Waals surface area contributed by atoms with Gasteiger partial charge >= 0.3 is 5.97 Å². The maximum Gasteiger partial charge on any atom is 0.337 e. The Hall–Kier alpha value is -1.59. The maximum atomic E-state index is 12.5. The van der Waals surface area contributed by atoms with Crippen LogP contribution in [0.2, 0.25) is 0 Å². The van der Waals surface area contributed by atoms with Crippen LogP contribution >= 0.6 is 12.4 Å². The summed E-state index contributed by atoms with van der Waals surface area (Å²) in [6, 6.07) is 7.00. The van der Waals surface area contributed by atoms with Gasteiger partial charge in [-0.2, -0.15) is 0 Å². The molecular weight excluding hydrogens is 316 g/mol. The van der Waals surface area contributed by atoms with Crippen molar-refractivity contribution in [2.24, 2.45) is 0 Å². The molecule has 2 atom stereocenters. The highest BCUT2D eigenvalue weighted by atomic mass is 35.5. The van der Waals surface area contributed by atoms with Crippen molar-refractivity contribution >= 4 is 24.3 Å². The number of amides is 1. The molecule has 2 rings (SSSR count). The second kappa shape index (κ2) is 8.31. The number of carbonyl (C=O) groups excluding carboxylic acids is 2. The van der Waals surface area contributed by atoms with Crippen molar-refractivity contribution in [2.45, 2.75) is 44.7 Å². The highest BCUT2D eigenvalue weighted by Crippen LogP contribution is 2.21. The first-order valence-electron chi connectivity index (χ1n) is 7.70. The van der Waals surface area contributed by atoms with Crippen LogP contribution < -0.4 is 10.6 Å². The lowest BCUT2D eigenvalue weighted by molar-refractivity contribution is -0.128. The summed E-state index contributed by atoms with van der Waals surface area (Å²) in [5.74, 6) is -0.334. The molecule has 0 bridgehead atoms. The molecule has 2 N–H and O–H groups in total. The Bertz CT molecular complexity index is 539. The second-order valence-corrected chi connectivity index (χ2v) is 6.02. The van der Waals surface area contributed by atoms with Crippen LogP contribution in [0.1, 0.15) is 55.1 Å². The number of benzene rings is 1. The summed E-state index contributed by atoms with van der Waals surface area (Å²) in [6.45, 7) is 4.78. The Morgan fingerprint density at radius 1 is 1.26 bits per heavy atom. The van der Waals surface area contributed by atoms with Crippen molar-refractivity contribution in [1.29, 1.82) is 0 Å². The van der Waals surface area contributed by atoms with E-state index >= 15 is 0 Å². The highest BCUT2D eigenvalue weighted by Gasteiger charge is 2.34. The van der Waals surface area contributed by atoms with Crippen molar-refractivity contribution in [2.75, 3.05) is 13.7 Å². The molecule has 1 aromatic carbocycles. The van der Waals surface area contributed by atoms with Crippen molar-refractivity contribution in [1.82, 2.24) is 10.6 Å². The molecule has 1 aliphatic heterocycles. The fourth-order valence-corrected chi connectivity index (χ4v) is 2.72. The number of methoxy groups -OCH3 is 1. The van der Waals surface area contributed by atoms with Crippen LogP contribution in [-0.4, -0.2) is 31.1 Å². The number of ether oxygens (including phenoxy) is 1. The van der Waals surface area contributed by atoms with Crippen molar-refractivity contribution in [3.05, 3.63) is 35.4 Å². The first kappa shape index (κ1) is 19.5. The third-order valence-electron chi connectivity index (χ3n) is 4.30. The zero-order chi connectivity index (χ0) is 16.2. The number of halogens is 1. The maximum absolute atomic E-state index is 12.5. The Labute approximate surface area is 143 Å². The zero-order valence-electron chi connectivity index (χ0n) is 13.8. The van der Waals surface area contributed by atoms with Crippen LogP contribution in [0.25, 0.3) is 0 Å². The number of esters is 1. The van der Waals surface area contributed by atoms with Gasteiger partial charge in [0.1, 0.15) is 0 Å². The zero-order valence-corrected chi connectivity index (χ0v) is 14.7. The summed E-state index contributed by atoms with van der Waals surface area (Å²) in [4.78, 5) is 23.9. The fourth-order valence-electron chi connectivity index (χ4n) is 2.72. The molecule has 1 saturated heterocycles. The van der Waals surface area contributed by atoms with Crippen LogP contribution in [0.4, 0.5) is 0 Å². The molecule has 0 saturated carbocycles. The van der Waals surface area contributed by atoms with Crippen molar-refractivity contribution in [3.8, 4) is 0 Å². The first-order valence-corrected chi connectivity index (χ1v) is 7.70. The monoisotopic (exact) mass is 340 g/mol. The summed E-state index contributed by atoms with van der Waals surface area (Å²) in [6.07, 6.45) is 3.04. The van der Waals surface area contributed by atoms with Gasteiger partial charge in [-0.15, -0.1) is 12.4 Å². The second-order valence-electron chi connectivity index (χ2n) is 6.02. The molecule has 1 amide bonds. The Balaban J connectivity index is 0.00000264. The van der Waals surface area contributed by atoms with E-state index in [2.05, 4.69) is 15.4 Å². The van der Waals surface area contributed by atoms with Crippen LogP contribution in [0.5, 0.6) is 0 Å². The molecule has 0 spiro atoms. The van der Waals surface area contributed by atoms with E-state index in [-0.39, 0.29) is 30.3 Å². The van der Waals surface area contributed by atoms with E-state index in [1.54, 1.807) is 12.1 Å². The molecule has 1 fully saturated rings. The van der Waals surface area contributed by atoms with Gasteiger partial charge < -0.3 is 15.4 Å². The summed E-state index contributed by atoms with van der Waals surface area (Å²) in [5, 5.41) is 6.36. The number of hydrogen-bond donors (Lipinski definition) is 2. The smallest absolute Gasteiger partial charge is 0.337 e. The van der Waals surface area contributed by atoms with Gasteiger partial charge in [-0.25, -0.2) is 4.79 Å². The molecule has 0 aromatic heterocycles. The molecule has 128 valence electrons. The van der Waals surface area contributed by atoms with E-state index in [1.807, 2.05) is 26.0 Å². The number of rotatable bonds is 4. The molecule has 1 aliphatic rings. The van der Waals surface area contributed by atoms with E-state index in [0.717, 1.165) is 31.4 Å². The molecule has 0 aliphatic carbocycles. The van der Waals surface area contributed by atoms with E-state index in [0.29, 0.717) is 5.56 Å². The normalized spacial score (nSPS) is 21.7. The van der Waals surface area contributed by atoms with Gasteiger partial charge in [-0.05, 0) is 57.4 Å². The minimum Gasteiger partial charge on any atom is -0.465 e. The van der Waals surface area contributed by atoms with Gasteiger partial charge in [0.2, 0.25) is 5.91 Å². The lowest BCUT2D eigenvalue weighted by Crippen LogP contribution is -2.57. The molecule has 1 aromatic rings. The molecule has 0 unspecified atom stereocenters. The van der Waals surface area contributed by atoms with Gasteiger partial charge in [-0.1, -0.05) is 12.1 Å². The minimum absolute atomic E-state index is 0. The van der Waals surface area contributed by atoms with Crippen LogP contribution in [-0.2, 0) is 9.53 Å². The predicted octanol–water partition coefficient (Wildman–Crippen LogP) is 2.60. The number of piperidine rings is 1. The van der Waals surface area contributed by atoms with Crippen LogP contribution in [0.3, 0.4) is 0 Å². The summed E-state index contributed by atoms with van der Waals surface area (Å²) >= 11 is 0. The lowest BCUT2D eigenvalue weighted by atomic mass is 9.89. The number of nitrogens with one attached hydrogen (secondary N) is 2. The van der Waals surface area contributed by atoms with Crippen LogP contribution in [0, 0.1) is 0 Å². The Kier molecular flexibility index (Phi) is 7.03. The van der Waals surface area contributed by atoms with Gasteiger partial charge in [0.05, 0.1) is 24.3 Å². The van der Waals surface area contributed by atoms with E-state index in [4.69, 9.17) is 0 Å². The third kappa shape index (κ3) is 4.69. The Morgan fingerprint density at radius 2 is 1.91 bits per heavy atom. The topological polar surface area (TPSA) is 67.4 Å². The molecular formula is C17H25ClN2O3.